The highest BCUT2D eigenvalue weighted by Crippen LogP contribution is 2.60. The Labute approximate surface area is 299 Å². The number of ether oxygens (including phenoxy) is 2. The van der Waals surface area contributed by atoms with Gasteiger partial charge in [0.25, 0.3) is 0 Å². The zero-order chi connectivity index (χ0) is 34.0. The van der Waals surface area contributed by atoms with E-state index in [-0.39, 0.29) is 5.79 Å². The first kappa shape index (κ1) is 41.3. The number of hydrogen-bond donors (Lipinski definition) is 0. The maximum Gasteiger partial charge on any atom is 0.170 e. The highest BCUT2D eigenvalue weighted by atomic mass is 16.8. The largest absolute Gasteiger partial charge is 0.343 e. The molecular weight excluding hydrogens is 587 g/mol. The molecule has 3 fully saturated rings. The third kappa shape index (κ3) is 17.2. The Hall–Kier alpha value is -1.16. The summed E-state index contributed by atoms with van der Waals surface area (Å²) in [4.78, 5) is 2.36. The molecule has 3 heteroatoms. The number of likely N-dealkylation sites (N-methyl/N-ethyl adjacent to an activating group) is 1. The number of likely N-dealkylation sites (tertiary alicyclic amines) is 1. The van der Waals surface area contributed by atoms with Crippen molar-refractivity contribution in [1.82, 2.24) is 4.90 Å². The van der Waals surface area contributed by atoms with Gasteiger partial charge in [-0.25, -0.2) is 0 Å². The summed E-state index contributed by atoms with van der Waals surface area (Å²) in [6.45, 7) is 6.63. The average molecular weight is 666 g/mol. The van der Waals surface area contributed by atoms with Crippen LogP contribution in [-0.2, 0) is 9.47 Å². The van der Waals surface area contributed by atoms with Gasteiger partial charge >= 0.3 is 0 Å². The van der Waals surface area contributed by atoms with Crippen LogP contribution in [0.15, 0.2) is 48.6 Å². The molecule has 0 aromatic rings. The van der Waals surface area contributed by atoms with E-state index < -0.39 is 0 Å². The summed E-state index contributed by atoms with van der Waals surface area (Å²) >= 11 is 0. The van der Waals surface area contributed by atoms with Crippen LogP contribution in [0.3, 0.4) is 0 Å². The lowest BCUT2D eigenvalue weighted by molar-refractivity contribution is -0.281. The van der Waals surface area contributed by atoms with Gasteiger partial charge in [-0.15, -0.1) is 0 Å². The van der Waals surface area contributed by atoms with Crippen LogP contribution in [0.25, 0.3) is 0 Å². The average Bonchev–Trinajstić information content (AvgIpc) is 3.58. The quantitative estimate of drug-likeness (QED) is 0.0563. The van der Waals surface area contributed by atoms with Crippen LogP contribution in [0.1, 0.15) is 194 Å². The molecule has 2 heterocycles. The fraction of sp³-hybridized carbons (Fsp3) is 0.822. The van der Waals surface area contributed by atoms with Gasteiger partial charge < -0.3 is 14.4 Å². The number of fused-ring (bicyclic) bond motifs is 1. The molecule has 276 valence electrons. The zero-order valence-electron chi connectivity index (χ0n) is 32.3. The summed E-state index contributed by atoms with van der Waals surface area (Å²) in [6.07, 6.45) is 56.5. The first-order chi connectivity index (χ1) is 23.6. The minimum Gasteiger partial charge on any atom is -0.343 e. The molecule has 3 nitrogen and oxygen atoms in total. The Kier molecular flexibility index (Phi) is 22.1. The molecule has 0 amide bonds. The van der Waals surface area contributed by atoms with Crippen LogP contribution in [0.5, 0.6) is 0 Å². The van der Waals surface area contributed by atoms with E-state index >= 15 is 0 Å². The van der Waals surface area contributed by atoms with Crippen LogP contribution in [0.4, 0.5) is 0 Å². The molecular formula is C45H79NO2. The molecule has 1 aliphatic carbocycles. The third-order valence-corrected chi connectivity index (χ3v) is 11.2. The van der Waals surface area contributed by atoms with Crippen molar-refractivity contribution < 1.29 is 9.47 Å². The fourth-order valence-corrected chi connectivity index (χ4v) is 8.44. The second kappa shape index (κ2) is 25.7. The SMILES string of the molecule is CCCCC/C=C\C/C=C\CCCCCCCCC1(CCCCCCCC/C=C\C/C=C\CCCCC)CC2(C1)O[C@H]1CN(C)C[C@@H]1O2. The van der Waals surface area contributed by atoms with Gasteiger partial charge in [0.2, 0.25) is 0 Å². The lowest BCUT2D eigenvalue weighted by Gasteiger charge is -2.54. The van der Waals surface area contributed by atoms with Crippen LogP contribution in [-0.4, -0.2) is 43.0 Å². The molecule has 0 aromatic carbocycles. The lowest BCUT2D eigenvalue weighted by atomic mass is 9.59. The van der Waals surface area contributed by atoms with Gasteiger partial charge in [-0.3, -0.25) is 0 Å². The number of allylic oxidation sites excluding steroid dienone is 8. The topological polar surface area (TPSA) is 21.7 Å². The van der Waals surface area contributed by atoms with E-state index in [0.29, 0.717) is 17.6 Å². The van der Waals surface area contributed by atoms with Crippen LogP contribution >= 0.6 is 0 Å². The van der Waals surface area contributed by atoms with Gasteiger partial charge in [-0.2, -0.15) is 0 Å². The summed E-state index contributed by atoms with van der Waals surface area (Å²) in [6, 6.07) is 0. The van der Waals surface area contributed by atoms with Crippen molar-refractivity contribution in [3.05, 3.63) is 48.6 Å². The molecule has 48 heavy (non-hydrogen) atoms. The van der Waals surface area contributed by atoms with E-state index in [9.17, 15) is 0 Å². The maximum atomic E-state index is 6.62. The van der Waals surface area contributed by atoms with Crippen molar-refractivity contribution in [2.24, 2.45) is 5.41 Å². The van der Waals surface area contributed by atoms with Crippen molar-refractivity contribution in [2.45, 2.75) is 212 Å². The minimum atomic E-state index is -0.243. The van der Waals surface area contributed by atoms with E-state index in [2.05, 4.69) is 74.4 Å². The normalized spacial score (nSPS) is 22.0. The minimum absolute atomic E-state index is 0.243. The first-order valence-electron chi connectivity index (χ1n) is 21.2. The molecule has 1 spiro atoms. The van der Waals surface area contributed by atoms with Crippen molar-refractivity contribution in [3.63, 3.8) is 0 Å². The van der Waals surface area contributed by atoms with Gasteiger partial charge in [0.05, 0.1) is 0 Å². The summed E-state index contributed by atoms with van der Waals surface area (Å²) in [5.41, 5.74) is 0.467. The fourth-order valence-electron chi connectivity index (χ4n) is 8.44. The standard InChI is InChI=1S/C45H79NO2/c1-4-6-8-10-12-14-16-18-20-22-24-26-28-30-32-34-36-44(40-45(41-44)47-42-38-46(3)39-43(42)48-45)37-35-33-31-29-27-25-23-21-19-17-15-13-11-9-7-5-2/h12-15,18-21,42-43H,4-11,16-17,22-41H2,1-3H3/b14-12-,15-13-,20-18-,21-19-/t42-,43-/m0/s1. The van der Waals surface area contributed by atoms with Crippen molar-refractivity contribution >= 4 is 0 Å². The Morgan fingerprint density at radius 2 is 0.833 bits per heavy atom. The van der Waals surface area contributed by atoms with E-state index in [4.69, 9.17) is 9.47 Å². The second-order valence-corrected chi connectivity index (χ2v) is 16.0. The third-order valence-electron chi connectivity index (χ3n) is 11.2. The second-order valence-electron chi connectivity index (χ2n) is 16.0. The number of hydrogen-bond acceptors (Lipinski definition) is 3. The summed E-state index contributed by atoms with van der Waals surface area (Å²) < 4.78 is 13.2. The van der Waals surface area contributed by atoms with E-state index in [1.807, 2.05) is 0 Å². The van der Waals surface area contributed by atoms with Gasteiger partial charge in [-0.05, 0) is 89.5 Å². The van der Waals surface area contributed by atoms with Gasteiger partial charge in [0, 0.05) is 25.9 Å². The number of nitrogens with zero attached hydrogens (tertiary/aromatic N) is 1. The van der Waals surface area contributed by atoms with E-state index in [0.717, 1.165) is 38.8 Å². The van der Waals surface area contributed by atoms with Gasteiger partial charge in [0.1, 0.15) is 12.2 Å². The highest BCUT2D eigenvalue weighted by molar-refractivity contribution is 5.06. The van der Waals surface area contributed by atoms with Crippen molar-refractivity contribution in [3.8, 4) is 0 Å². The molecule has 2 saturated heterocycles. The number of rotatable bonds is 30. The molecule has 3 aliphatic rings. The van der Waals surface area contributed by atoms with E-state index in [1.54, 1.807) is 0 Å². The van der Waals surface area contributed by atoms with Gasteiger partial charge in [-0.1, -0.05) is 152 Å². The van der Waals surface area contributed by atoms with Crippen LogP contribution < -0.4 is 0 Å². The summed E-state index contributed by atoms with van der Waals surface area (Å²) in [5.74, 6) is -0.243. The Morgan fingerprint density at radius 3 is 1.23 bits per heavy atom. The molecule has 2 atom stereocenters. The smallest absolute Gasteiger partial charge is 0.170 e. The Morgan fingerprint density at radius 1 is 0.479 bits per heavy atom. The van der Waals surface area contributed by atoms with E-state index in [1.165, 1.54) is 154 Å². The first-order valence-corrected chi connectivity index (χ1v) is 21.2. The lowest BCUT2D eigenvalue weighted by Crippen LogP contribution is -2.54. The van der Waals surface area contributed by atoms with Crippen LogP contribution in [0.2, 0.25) is 0 Å². The van der Waals surface area contributed by atoms with Crippen molar-refractivity contribution in [2.75, 3.05) is 20.1 Å². The zero-order valence-corrected chi connectivity index (χ0v) is 32.3. The molecule has 0 radical (unpaired) electrons. The summed E-state index contributed by atoms with van der Waals surface area (Å²) in [5, 5.41) is 0. The molecule has 3 rings (SSSR count). The van der Waals surface area contributed by atoms with Gasteiger partial charge in [0.15, 0.2) is 5.79 Å². The molecule has 2 aliphatic heterocycles. The molecule has 0 aromatic heterocycles. The van der Waals surface area contributed by atoms with Crippen molar-refractivity contribution in [1.29, 1.82) is 0 Å². The monoisotopic (exact) mass is 666 g/mol. The highest BCUT2D eigenvalue weighted by Gasteiger charge is 2.62. The predicted molar refractivity (Wildman–Crippen MR) is 210 cm³/mol. The molecule has 0 bridgehead atoms. The molecule has 0 N–H and O–H groups in total. The number of unbranched alkanes of at least 4 members (excludes halogenated alkanes) is 18. The maximum absolute atomic E-state index is 6.62. The Balaban J connectivity index is 1.22. The van der Waals surface area contributed by atoms with Crippen LogP contribution in [0, 0.1) is 5.41 Å². The molecule has 0 unspecified atom stereocenters. The Bertz CT molecular complexity index is 831. The molecule has 1 saturated carbocycles. The predicted octanol–water partition coefficient (Wildman–Crippen LogP) is 13.6. The summed E-state index contributed by atoms with van der Waals surface area (Å²) in [7, 11) is 2.19.